The van der Waals surface area contributed by atoms with E-state index in [-0.39, 0.29) is 29.9 Å². The summed E-state index contributed by atoms with van der Waals surface area (Å²) in [5.74, 6) is -0.347. The van der Waals surface area contributed by atoms with Crippen LogP contribution < -0.4 is 5.32 Å². The van der Waals surface area contributed by atoms with Gasteiger partial charge in [-0.2, -0.15) is 0 Å². The SMILES string of the molecule is CCCNC(=O)[C@H](CC)N(Cc1ccc(F)cc1)C(=O)CSc1ccc(C)cc1. The molecule has 0 aliphatic heterocycles. The van der Waals surface area contributed by atoms with E-state index in [1.165, 1.54) is 23.9 Å². The minimum atomic E-state index is -0.558. The standard InChI is InChI=1S/C23H29FN2O2S/c1-4-14-25-23(28)21(5-2)26(15-18-8-10-19(24)11-9-18)22(27)16-29-20-12-6-17(3)7-13-20/h6-13,21H,4-5,14-16H2,1-3H3,(H,25,28)/t21-/m0/s1. The summed E-state index contributed by atoms with van der Waals surface area (Å²) in [6.07, 6.45) is 1.34. The van der Waals surface area contributed by atoms with Crippen LogP contribution in [-0.4, -0.2) is 35.1 Å². The monoisotopic (exact) mass is 416 g/mol. The van der Waals surface area contributed by atoms with Gasteiger partial charge in [0.1, 0.15) is 11.9 Å². The highest BCUT2D eigenvalue weighted by molar-refractivity contribution is 8.00. The predicted octanol–water partition coefficient (Wildman–Crippen LogP) is 4.56. The molecule has 0 saturated carbocycles. The first-order valence-electron chi connectivity index (χ1n) is 9.95. The number of hydrogen-bond donors (Lipinski definition) is 1. The summed E-state index contributed by atoms with van der Waals surface area (Å²) >= 11 is 1.45. The van der Waals surface area contributed by atoms with Gasteiger partial charge in [0.2, 0.25) is 11.8 Å². The lowest BCUT2D eigenvalue weighted by Gasteiger charge is -2.30. The van der Waals surface area contributed by atoms with Crippen LogP contribution in [0.15, 0.2) is 53.4 Å². The average molecular weight is 417 g/mol. The number of thioether (sulfide) groups is 1. The van der Waals surface area contributed by atoms with Crippen molar-refractivity contribution < 1.29 is 14.0 Å². The number of rotatable bonds is 10. The Kier molecular flexibility index (Phi) is 9.19. The zero-order valence-electron chi connectivity index (χ0n) is 17.3. The van der Waals surface area contributed by atoms with Gasteiger partial charge in [0.15, 0.2) is 0 Å². The number of amides is 2. The second-order valence-electron chi connectivity index (χ2n) is 6.96. The van der Waals surface area contributed by atoms with Crippen LogP contribution in [0.1, 0.15) is 37.8 Å². The molecule has 4 nitrogen and oxygen atoms in total. The highest BCUT2D eigenvalue weighted by Gasteiger charge is 2.28. The molecule has 156 valence electrons. The molecule has 0 bridgehead atoms. The summed E-state index contributed by atoms with van der Waals surface area (Å²) in [6.45, 7) is 6.75. The van der Waals surface area contributed by atoms with Crippen molar-refractivity contribution in [1.29, 1.82) is 0 Å². The number of nitrogens with one attached hydrogen (secondary N) is 1. The van der Waals surface area contributed by atoms with Crippen LogP contribution in [0.2, 0.25) is 0 Å². The quantitative estimate of drug-likeness (QED) is 0.578. The van der Waals surface area contributed by atoms with Crippen LogP contribution in [0.5, 0.6) is 0 Å². The van der Waals surface area contributed by atoms with E-state index in [1.807, 2.05) is 45.0 Å². The average Bonchev–Trinajstić information content (AvgIpc) is 2.72. The molecule has 0 unspecified atom stereocenters. The third-order valence-corrected chi connectivity index (χ3v) is 5.58. The molecule has 2 rings (SSSR count). The molecule has 2 aromatic rings. The molecule has 0 fully saturated rings. The molecule has 0 aliphatic rings. The zero-order chi connectivity index (χ0) is 21.2. The van der Waals surface area contributed by atoms with Crippen molar-refractivity contribution in [2.45, 2.75) is 51.1 Å². The molecule has 2 amide bonds. The summed E-state index contributed by atoms with van der Waals surface area (Å²) in [5, 5.41) is 2.89. The van der Waals surface area contributed by atoms with E-state index in [9.17, 15) is 14.0 Å². The van der Waals surface area contributed by atoms with Gasteiger partial charge in [-0.05, 0) is 49.6 Å². The third kappa shape index (κ3) is 7.20. The number of nitrogens with zero attached hydrogens (tertiary/aromatic N) is 1. The fourth-order valence-corrected chi connectivity index (χ4v) is 3.72. The van der Waals surface area contributed by atoms with Gasteiger partial charge in [0.05, 0.1) is 5.75 Å². The molecule has 0 aliphatic carbocycles. The maximum Gasteiger partial charge on any atom is 0.242 e. The van der Waals surface area contributed by atoms with Crippen LogP contribution in [-0.2, 0) is 16.1 Å². The second kappa shape index (κ2) is 11.6. The Balaban J connectivity index is 2.16. The molecule has 2 aromatic carbocycles. The smallest absolute Gasteiger partial charge is 0.242 e. The largest absolute Gasteiger partial charge is 0.354 e. The first kappa shape index (κ1) is 22.9. The Morgan fingerprint density at radius 3 is 2.31 bits per heavy atom. The highest BCUT2D eigenvalue weighted by atomic mass is 32.2. The fourth-order valence-electron chi connectivity index (χ4n) is 2.93. The van der Waals surface area contributed by atoms with Gasteiger partial charge in [-0.3, -0.25) is 9.59 Å². The van der Waals surface area contributed by atoms with Crippen LogP contribution in [0.4, 0.5) is 4.39 Å². The van der Waals surface area contributed by atoms with Crippen molar-refractivity contribution in [3.05, 3.63) is 65.5 Å². The van der Waals surface area contributed by atoms with E-state index in [4.69, 9.17) is 0 Å². The number of benzene rings is 2. The number of carbonyl (C=O) groups excluding carboxylic acids is 2. The Hall–Kier alpha value is -2.34. The number of hydrogen-bond acceptors (Lipinski definition) is 3. The molecule has 0 radical (unpaired) electrons. The zero-order valence-corrected chi connectivity index (χ0v) is 18.1. The van der Waals surface area contributed by atoms with E-state index >= 15 is 0 Å². The van der Waals surface area contributed by atoms with Crippen molar-refractivity contribution in [1.82, 2.24) is 10.2 Å². The summed E-state index contributed by atoms with van der Waals surface area (Å²) in [4.78, 5) is 28.4. The molecule has 0 saturated heterocycles. The van der Waals surface area contributed by atoms with Crippen LogP contribution in [0, 0.1) is 12.7 Å². The summed E-state index contributed by atoms with van der Waals surface area (Å²) in [7, 11) is 0. The summed E-state index contributed by atoms with van der Waals surface area (Å²) < 4.78 is 13.3. The van der Waals surface area contributed by atoms with Crippen molar-refractivity contribution in [2.24, 2.45) is 0 Å². The van der Waals surface area contributed by atoms with E-state index in [0.717, 1.165) is 22.4 Å². The van der Waals surface area contributed by atoms with Gasteiger partial charge in [0, 0.05) is 18.0 Å². The molecule has 0 heterocycles. The summed E-state index contributed by atoms with van der Waals surface area (Å²) in [6, 6.07) is 13.5. The Morgan fingerprint density at radius 1 is 1.07 bits per heavy atom. The maximum absolute atomic E-state index is 13.3. The summed E-state index contributed by atoms with van der Waals surface area (Å²) in [5.41, 5.74) is 1.96. The Labute approximate surface area is 176 Å². The van der Waals surface area contributed by atoms with E-state index in [0.29, 0.717) is 13.0 Å². The van der Waals surface area contributed by atoms with Gasteiger partial charge < -0.3 is 10.2 Å². The van der Waals surface area contributed by atoms with Crippen molar-refractivity contribution in [3.8, 4) is 0 Å². The number of halogens is 1. The Bertz CT molecular complexity index is 794. The molecular formula is C23H29FN2O2S. The first-order chi connectivity index (χ1) is 13.9. The first-order valence-corrected chi connectivity index (χ1v) is 10.9. The fraction of sp³-hybridized carbons (Fsp3) is 0.391. The van der Waals surface area contributed by atoms with Crippen molar-refractivity contribution in [3.63, 3.8) is 0 Å². The lowest BCUT2D eigenvalue weighted by atomic mass is 10.1. The molecule has 29 heavy (non-hydrogen) atoms. The van der Waals surface area contributed by atoms with Gasteiger partial charge in [0.25, 0.3) is 0 Å². The highest BCUT2D eigenvalue weighted by Crippen LogP contribution is 2.21. The normalized spacial score (nSPS) is 11.7. The van der Waals surface area contributed by atoms with Crippen LogP contribution in [0.3, 0.4) is 0 Å². The lowest BCUT2D eigenvalue weighted by molar-refractivity contribution is -0.139. The third-order valence-electron chi connectivity index (χ3n) is 4.58. The minimum absolute atomic E-state index is 0.113. The number of carbonyl (C=O) groups is 2. The molecule has 6 heteroatoms. The molecule has 1 atom stereocenters. The van der Waals surface area contributed by atoms with Gasteiger partial charge in [-0.25, -0.2) is 4.39 Å². The minimum Gasteiger partial charge on any atom is -0.354 e. The van der Waals surface area contributed by atoms with E-state index in [1.54, 1.807) is 17.0 Å². The van der Waals surface area contributed by atoms with Crippen molar-refractivity contribution in [2.75, 3.05) is 12.3 Å². The van der Waals surface area contributed by atoms with Gasteiger partial charge in [-0.1, -0.05) is 43.7 Å². The predicted molar refractivity (Wildman–Crippen MR) is 116 cm³/mol. The molecule has 0 aromatic heterocycles. The molecular weight excluding hydrogens is 387 g/mol. The lowest BCUT2D eigenvalue weighted by Crippen LogP contribution is -2.49. The second-order valence-corrected chi connectivity index (χ2v) is 8.01. The van der Waals surface area contributed by atoms with Gasteiger partial charge >= 0.3 is 0 Å². The molecule has 0 spiro atoms. The van der Waals surface area contributed by atoms with E-state index in [2.05, 4.69) is 5.32 Å². The Morgan fingerprint density at radius 2 is 1.72 bits per heavy atom. The van der Waals surface area contributed by atoms with E-state index < -0.39 is 6.04 Å². The number of aryl methyl sites for hydroxylation is 1. The maximum atomic E-state index is 13.3. The van der Waals surface area contributed by atoms with Crippen LogP contribution in [0.25, 0.3) is 0 Å². The van der Waals surface area contributed by atoms with Crippen LogP contribution >= 0.6 is 11.8 Å². The molecule has 1 N–H and O–H groups in total. The van der Waals surface area contributed by atoms with Gasteiger partial charge in [-0.15, -0.1) is 11.8 Å². The topological polar surface area (TPSA) is 49.4 Å². The van der Waals surface area contributed by atoms with Crippen molar-refractivity contribution >= 4 is 23.6 Å².